The first kappa shape index (κ1) is 11.5. The molecule has 1 aromatic carbocycles. The number of aromatic nitrogens is 1. The van der Waals surface area contributed by atoms with E-state index in [0.29, 0.717) is 5.69 Å². The second kappa shape index (κ2) is 3.80. The molecule has 1 heterocycles. The minimum atomic E-state index is -0.517. The molecule has 0 bridgehead atoms. The van der Waals surface area contributed by atoms with Crippen molar-refractivity contribution in [3.63, 3.8) is 0 Å². The lowest BCUT2D eigenvalue weighted by Gasteiger charge is -2.19. The van der Waals surface area contributed by atoms with Crippen LogP contribution in [0.1, 0.15) is 20.8 Å². The normalized spacial score (nSPS) is 11.7. The number of hydrogen-bond acceptors (Lipinski definition) is 3. The maximum Gasteiger partial charge on any atom is 0.419 e. The number of carbonyl (C=O) groups excluding carboxylic acids is 1. The Kier molecular flexibility index (Phi) is 2.58. The minimum absolute atomic E-state index is 0.412. The van der Waals surface area contributed by atoms with Gasteiger partial charge in [-0.2, -0.15) is 0 Å². The average Bonchev–Trinajstić information content (AvgIpc) is 2.55. The third-order valence-corrected chi connectivity index (χ3v) is 2.33. The van der Waals surface area contributed by atoms with Crippen LogP contribution in [0.2, 0.25) is 0 Å². The molecule has 0 radical (unpaired) electrons. The molecule has 4 heteroatoms. The molecular weight excluding hydrogens is 216 g/mol. The lowest BCUT2D eigenvalue weighted by atomic mass is 10.2. The van der Waals surface area contributed by atoms with Crippen LogP contribution in [0.4, 0.5) is 10.5 Å². The summed E-state index contributed by atoms with van der Waals surface area (Å²) in [5.41, 5.74) is 6.67. The molecule has 2 N–H and O–H groups in total. The van der Waals surface area contributed by atoms with Gasteiger partial charge in [0.15, 0.2) is 0 Å². The second-order valence-electron chi connectivity index (χ2n) is 4.95. The molecular formula is C13H16N2O2. The predicted octanol–water partition coefficient (Wildman–Crippen LogP) is 3.01. The van der Waals surface area contributed by atoms with Crippen molar-refractivity contribution in [1.82, 2.24) is 4.57 Å². The Morgan fingerprint density at radius 2 is 1.94 bits per heavy atom. The fraction of sp³-hybridized carbons (Fsp3) is 0.308. The van der Waals surface area contributed by atoms with Crippen LogP contribution in [0.3, 0.4) is 0 Å². The van der Waals surface area contributed by atoms with Gasteiger partial charge in [-0.1, -0.05) is 18.2 Å². The molecule has 0 saturated heterocycles. The first-order valence-electron chi connectivity index (χ1n) is 5.47. The van der Waals surface area contributed by atoms with Gasteiger partial charge in [0.05, 0.1) is 11.2 Å². The lowest BCUT2D eigenvalue weighted by Crippen LogP contribution is -2.26. The molecule has 2 rings (SSSR count). The zero-order chi connectivity index (χ0) is 12.6. The minimum Gasteiger partial charge on any atom is -0.443 e. The molecule has 2 aromatic rings. The van der Waals surface area contributed by atoms with Gasteiger partial charge in [0.25, 0.3) is 0 Å². The fourth-order valence-corrected chi connectivity index (χ4v) is 1.67. The van der Waals surface area contributed by atoms with Crippen molar-refractivity contribution in [3.05, 3.63) is 30.5 Å². The summed E-state index contributed by atoms with van der Waals surface area (Å²) < 4.78 is 6.75. The van der Waals surface area contributed by atoms with E-state index in [1.165, 1.54) is 4.57 Å². The smallest absolute Gasteiger partial charge is 0.419 e. The number of anilines is 1. The molecule has 0 atom stereocenters. The Balaban J connectivity index is 2.46. The van der Waals surface area contributed by atoms with Gasteiger partial charge in [-0.3, -0.25) is 4.57 Å². The topological polar surface area (TPSA) is 57.2 Å². The summed E-state index contributed by atoms with van der Waals surface area (Å²) in [5, 5.41) is 0.860. The molecule has 0 fully saturated rings. The second-order valence-corrected chi connectivity index (χ2v) is 4.95. The Bertz CT molecular complexity index is 564. The number of carbonyl (C=O) groups is 1. The van der Waals surface area contributed by atoms with Crippen molar-refractivity contribution < 1.29 is 9.53 Å². The number of hydrogen-bond donors (Lipinski definition) is 1. The van der Waals surface area contributed by atoms with E-state index in [9.17, 15) is 4.79 Å². The highest BCUT2D eigenvalue weighted by atomic mass is 16.6. The maximum atomic E-state index is 12.0. The van der Waals surface area contributed by atoms with Crippen LogP contribution in [0.15, 0.2) is 30.5 Å². The van der Waals surface area contributed by atoms with E-state index in [2.05, 4.69) is 0 Å². The fourth-order valence-electron chi connectivity index (χ4n) is 1.67. The van der Waals surface area contributed by atoms with Crippen LogP contribution in [-0.2, 0) is 4.74 Å². The first-order valence-corrected chi connectivity index (χ1v) is 5.47. The molecule has 0 aliphatic heterocycles. The average molecular weight is 232 g/mol. The van der Waals surface area contributed by atoms with Gasteiger partial charge < -0.3 is 10.5 Å². The number of nitrogens with two attached hydrogens (primary N) is 1. The van der Waals surface area contributed by atoms with Crippen LogP contribution in [0, 0.1) is 0 Å². The summed E-state index contributed by atoms with van der Waals surface area (Å²) in [7, 11) is 0. The van der Waals surface area contributed by atoms with Gasteiger partial charge in [-0.05, 0) is 26.8 Å². The quantitative estimate of drug-likeness (QED) is 0.759. The Hall–Kier alpha value is -1.97. The number of para-hydroxylation sites is 1. The number of benzene rings is 1. The van der Waals surface area contributed by atoms with E-state index >= 15 is 0 Å². The van der Waals surface area contributed by atoms with E-state index in [4.69, 9.17) is 10.5 Å². The highest BCUT2D eigenvalue weighted by Crippen LogP contribution is 2.24. The molecule has 4 nitrogen and oxygen atoms in total. The molecule has 0 amide bonds. The molecule has 0 saturated carbocycles. The van der Waals surface area contributed by atoms with E-state index in [0.717, 1.165) is 10.9 Å². The van der Waals surface area contributed by atoms with Crippen molar-refractivity contribution in [2.75, 3.05) is 5.73 Å². The van der Waals surface area contributed by atoms with Gasteiger partial charge in [0, 0.05) is 11.6 Å². The zero-order valence-electron chi connectivity index (χ0n) is 10.2. The van der Waals surface area contributed by atoms with Crippen LogP contribution in [0.5, 0.6) is 0 Å². The number of fused-ring (bicyclic) bond motifs is 1. The van der Waals surface area contributed by atoms with Gasteiger partial charge >= 0.3 is 6.09 Å². The number of rotatable bonds is 0. The number of ether oxygens (including phenoxy) is 1. The lowest BCUT2D eigenvalue weighted by molar-refractivity contribution is 0.0544. The summed E-state index contributed by atoms with van der Waals surface area (Å²) in [4.78, 5) is 12.0. The standard InChI is InChI=1S/C13H16N2O2/c1-13(2,3)17-12(16)15-8-10(14)9-6-4-5-7-11(9)15/h4-8H,14H2,1-3H3. The van der Waals surface area contributed by atoms with E-state index in [1.807, 2.05) is 45.0 Å². The summed E-state index contributed by atoms with van der Waals surface area (Å²) in [5.74, 6) is 0. The molecule has 90 valence electrons. The first-order chi connectivity index (χ1) is 7.88. The summed E-state index contributed by atoms with van der Waals surface area (Å²) >= 11 is 0. The molecule has 17 heavy (non-hydrogen) atoms. The Labute approximate surface area is 100.0 Å². The van der Waals surface area contributed by atoms with E-state index in [1.54, 1.807) is 6.20 Å². The SMILES string of the molecule is CC(C)(C)OC(=O)n1cc(N)c2ccccc21. The highest BCUT2D eigenvalue weighted by molar-refractivity contribution is 5.97. The third kappa shape index (κ3) is 2.25. The van der Waals surface area contributed by atoms with Crippen molar-refractivity contribution in [2.45, 2.75) is 26.4 Å². The van der Waals surface area contributed by atoms with Crippen molar-refractivity contribution >= 4 is 22.7 Å². The van der Waals surface area contributed by atoms with Gasteiger partial charge in [-0.25, -0.2) is 4.79 Å². The Morgan fingerprint density at radius 3 is 2.59 bits per heavy atom. The van der Waals surface area contributed by atoms with Gasteiger partial charge in [-0.15, -0.1) is 0 Å². The van der Waals surface area contributed by atoms with Crippen molar-refractivity contribution in [1.29, 1.82) is 0 Å². The van der Waals surface area contributed by atoms with Crippen LogP contribution >= 0.6 is 0 Å². The highest BCUT2D eigenvalue weighted by Gasteiger charge is 2.19. The van der Waals surface area contributed by atoms with Crippen LogP contribution in [0.25, 0.3) is 10.9 Å². The molecule has 1 aromatic heterocycles. The molecule has 0 aliphatic carbocycles. The van der Waals surface area contributed by atoms with Crippen LogP contribution in [-0.4, -0.2) is 16.3 Å². The van der Waals surface area contributed by atoms with Gasteiger partial charge in [0.1, 0.15) is 5.60 Å². The van der Waals surface area contributed by atoms with E-state index < -0.39 is 11.7 Å². The number of nitrogens with zero attached hydrogens (tertiary/aromatic N) is 1. The zero-order valence-corrected chi connectivity index (χ0v) is 10.2. The summed E-state index contributed by atoms with van der Waals surface area (Å²) in [6.07, 6.45) is 1.18. The maximum absolute atomic E-state index is 12.0. The Morgan fingerprint density at radius 1 is 1.29 bits per heavy atom. The van der Waals surface area contributed by atoms with Gasteiger partial charge in [0.2, 0.25) is 0 Å². The molecule has 0 spiro atoms. The monoisotopic (exact) mass is 232 g/mol. The summed E-state index contributed by atoms with van der Waals surface area (Å²) in [6.45, 7) is 5.50. The summed E-state index contributed by atoms with van der Waals surface area (Å²) in [6, 6.07) is 7.47. The largest absolute Gasteiger partial charge is 0.443 e. The van der Waals surface area contributed by atoms with Crippen molar-refractivity contribution in [3.8, 4) is 0 Å². The molecule has 0 aliphatic rings. The third-order valence-electron chi connectivity index (χ3n) is 2.33. The molecule has 0 unspecified atom stereocenters. The van der Waals surface area contributed by atoms with E-state index in [-0.39, 0.29) is 0 Å². The van der Waals surface area contributed by atoms with Crippen LogP contribution < -0.4 is 5.73 Å². The predicted molar refractivity (Wildman–Crippen MR) is 68.0 cm³/mol. The number of nitrogen functional groups attached to an aromatic ring is 1. The van der Waals surface area contributed by atoms with Crippen molar-refractivity contribution in [2.24, 2.45) is 0 Å².